The van der Waals surface area contributed by atoms with Gasteiger partial charge in [0.15, 0.2) is 5.76 Å². The molecule has 31 heavy (non-hydrogen) atoms. The maximum Gasteiger partial charge on any atom is 0.319 e. The molecule has 1 aromatic heterocycles. The molecule has 168 valence electrons. The van der Waals surface area contributed by atoms with Crippen LogP contribution in [0.4, 0.5) is 10.5 Å². The van der Waals surface area contributed by atoms with E-state index < -0.39 is 12.2 Å². The van der Waals surface area contributed by atoms with Gasteiger partial charge in [-0.15, -0.1) is 0 Å². The van der Waals surface area contributed by atoms with Crippen molar-refractivity contribution < 1.29 is 19.2 Å². The number of anilines is 1. The molecule has 2 aliphatic heterocycles. The van der Waals surface area contributed by atoms with E-state index in [2.05, 4.69) is 26.0 Å². The van der Waals surface area contributed by atoms with Gasteiger partial charge in [0.05, 0.1) is 24.4 Å². The van der Waals surface area contributed by atoms with E-state index >= 15 is 0 Å². The van der Waals surface area contributed by atoms with Crippen LogP contribution in [0, 0.1) is 0 Å². The fourth-order valence-electron chi connectivity index (χ4n) is 4.02. The molecular formula is C22H31N5O4. The molecule has 9 nitrogen and oxygen atoms in total. The molecule has 0 saturated carbocycles. The second kappa shape index (κ2) is 10.7. The highest BCUT2D eigenvalue weighted by molar-refractivity contribution is 5.89. The van der Waals surface area contributed by atoms with Gasteiger partial charge < -0.3 is 30.3 Å². The molecule has 2 amide bonds. The molecule has 0 unspecified atom stereocenters. The second-order valence-corrected chi connectivity index (χ2v) is 8.16. The van der Waals surface area contributed by atoms with Crippen LogP contribution in [-0.4, -0.2) is 72.2 Å². The molecule has 0 aliphatic carbocycles. The summed E-state index contributed by atoms with van der Waals surface area (Å²) >= 11 is 0. The van der Waals surface area contributed by atoms with Crippen molar-refractivity contribution in [1.29, 1.82) is 0 Å². The monoisotopic (exact) mass is 429 g/mol. The lowest BCUT2D eigenvalue weighted by Gasteiger charge is -2.33. The Kier molecular flexibility index (Phi) is 7.52. The topological polar surface area (TPSA) is 112 Å². The summed E-state index contributed by atoms with van der Waals surface area (Å²) in [4.78, 5) is 14.5. The third kappa shape index (κ3) is 6.51. The number of nitrogens with zero attached hydrogens (tertiary/aromatic N) is 2. The molecule has 0 spiro atoms. The molecule has 2 aliphatic rings. The SMILES string of the molecule is O=C(NC[C@H]1O[C@H](Cc2cc(CN3CCNCC3)on2)CC[C@@H]1O)Nc1ccccc1. The predicted molar refractivity (Wildman–Crippen MR) is 116 cm³/mol. The van der Waals surface area contributed by atoms with E-state index in [1.165, 1.54) is 0 Å². The van der Waals surface area contributed by atoms with Crippen molar-refractivity contribution in [2.24, 2.45) is 0 Å². The maximum absolute atomic E-state index is 12.1. The molecule has 3 atom stereocenters. The summed E-state index contributed by atoms with van der Waals surface area (Å²) in [6.07, 6.45) is 0.882. The van der Waals surface area contributed by atoms with Gasteiger partial charge in [-0.05, 0) is 25.0 Å². The number of carbonyl (C=O) groups is 1. The van der Waals surface area contributed by atoms with Crippen LogP contribution in [0.25, 0.3) is 0 Å². The Labute approximate surface area is 182 Å². The van der Waals surface area contributed by atoms with Gasteiger partial charge in [-0.1, -0.05) is 23.4 Å². The first-order valence-electron chi connectivity index (χ1n) is 11.0. The number of benzene rings is 1. The minimum atomic E-state index is -0.603. The summed E-state index contributed by atoms with van der Waals surface area (Å²) in [7, 11) is 0. The van der Waals surface area contributed by atoms with Crippen LogP contribution in [-0.2, 0) is 17.7 Å². The number of amides is 2. The van der Waals surface area contributed by atoms with Crippen LogP contribution in [0.1, 0.15) is 24.3 Å². The molecule has 0 bridgehead atoms. The highest BCUT2D eigenvalue weighted by Crippen LogP contribution is 2.23. The van der Waals surface area contributed by atoms with E-state index in [0.29, 0.717) is 18.5 Å². The van der Waals surface area contributed by atoms with Crippen LogP contribution in [0.5, 0.6) is 0 Å². The first-order valence-corrected chi connectivity index (χ1v) is 11.0. The van der Waals surface area contributed by atoms with Gasteiger partial charge in [-0.3, -0.25) is 4.90 Å². The molecule has 2 saturated heterocycles. The number of urea groups is 1. The molecule has 9 heteroatoms. The molecule has 2 fully saturated rings. The number of hydrogen-bond donors (Lipinski definition) is 4. The smallest absolute Gasteiger partial charge is 0.319 e. The molecule has 0 radical (unpaired) electrons. The van der Waals surface area contributed by atoms with Crippen molar-refractivity contribution in [3.8, 4) is 0 Å². The van der Waals surface area contributed by atoms with Crippen molar-refractivity contribution in [1.82, 2.24) is 20.7 Å². The van der Waals surface area contributed by atoms with Gasteiger partial charge in [0.1, 0.15) is 6.10 Å². The number of aliphatic hydroxyl groups excluding tert-OH is 1. The summed E-state index contributed by atoms with van der Waals surface area (Å²) in [6, 6.07) is 10.9. The zero-order valence-corrected chi connectivity index (χ0v) is 17.6. The van der Waals surface area contributed by atoms with E-state index in [4.69, 9.17) is 9.26 Å². The first kappa shape index (κ1) is 21.8. The lowest BCUT2D eigenvalue weighted by atomic mass is 9.98. The Morgan fingerprint density at radius 1 is 1.23 bits per heavy atom. The molecule has 4 N–H and O–H groups in total. The van der Waals surface area contributed by atoms with Gasteiger partial charge in [0.25, 0.3) is 0 Å². The third-order valence-electron chi connectivity index (χ3n) is 5.71. The average Bonchev–Trinajstić information content (AvgIpc) is 3.22. The minimum absolute atomic E-state index is 0.0653. The van der Waals surface area contributed by atoms with Gasteiger partial charge in [0, 0.05) is 50.9 Å². The number of rotatable bonds is 7. The van der Waals surface area contributed by atoms with E-state index in [9.17, 15) is 9.90 Å². The van der Waals surface area contributed by atoms with Crippen LogP contribution >= 0.6 is 0 Å². The molecule has 2 aromatic rings. The second-order valence-electron chi connectivity index (χ2n) is 8.16. The van der Waals surface area contributed by atoms with Crippen molar-refractivity contribution in [3.63, 3.8) is 0 Å². The zero-order valence-electron chi connectivity index (χ0n) is 17.6. The summed E-state index contributed by atoms with van der Waals surface area (Å²) in [5, 5.41) is 23.4. The van der Waals surface area contributed by atoms with E-state index in [-0.39, 0.29) is 18.7 Å². The quantitative estimate of drug-likeness (QED) is 0.526. The fraction of sp³-hybridized carbons (Fsp3) is 0.545. The highest BCUT2D eigenvalue weighted by Gasteiger charge is 2.31. The summed E-state index contributed by atoms with van der Waals surface area (Å²) < 4.78 is 11.6. The zero-order chi connectivity index (χ0) is 21.5. The van der Waals surface area contributed by atoms with Crippen LogP contribution < -0.4 is 16.0 Å². The lowest BCUT2D eigenvalue weighted by Crippen LogP contribution is -2.47. The number of ether oxygens (including phenoxy) is 1. The van der Waals surface area contributed by atoms with Gasteiger partial charge in [0.2, 0.25) is 0 Å². The summed E-state index contributed by atoms with van der Waals surface area (Å²) in [5.74, 6) is 0.864. The van der Waals surface area contributed by atoms with Gasteiger partial charge in [-0.25, -0.2) is 4.79 Å². The Morgan fingerprint density at radius 2 is 2.03 bits per heavy atom. The first-order chi connectivity index (χ1) is 15.2. The number of aromatic nitrogens is 1. The summed E-state index contributed by atoms with van der Waals surface area (Å²) in [5.41, 5.74) is 1.57. The van der Waals surface area contributed by atoms with Crippen LogP contribution in [0.15, 0.2) is 40.9 Å². The van der Waals surface area contributed by atoms with Crippen molar-refractivity contribution >= 4 is 11.7 Å². The maximum atomic E-state index is 12.1. The van der Waals surface area contributed by atoms with Gasteiger partial charge in [-0.2, -0.15) is 0 Å². The van der Waals surface area contributed by atoms with Crippen LogP contribution in [0.2, 0.25) is 0 Å². The Balaban J connectivity index is 1.23. The Bertz CT molecular complexity index is 824. The fourth-order valence-corrected chi connectivity index (χ4v) is 4.02. The number of hydrogen-bond acceptors (Lipinski definition) is 7. The Morgan fingerprint density at radius 3 is 2.84 bits per heavy atom. The van der Waals surface area contributed by atoms with Crippen LogP contribution in [0.3, 0.4) is 0 Å². The number of carbonyl (C=O) groups excluding carboxylic acids is 1. The molecular weight excluding hydrogens is 398 g/mol. The summed E-state index contributed by atoms with van der Waals surface area (Å²) in [6.45, 7) is 5.01. The number of aliphatic hydroxyl groups is 1. The predicted octanol–water partition coefficient (Wildman–Crippen LogP) is 1.35. The van der Waals surface area contributed by atoms with Gasteiger partial charge >= 0.3 is 6.03 Å². The standard InChI is InChI=1S/C22H31N5O4/c28-20-7-6-18(12-17-13-19(31-26-17)15-27-10-8-23-9-11-27)30-21(20)14-24-22(29)25-16-4-2-1-3-5-16/h1-5,13,18,20-21,23,28H,6-12,14-15H2,(H2,24,25,29)/t18-,20-,21+/m0/s1. The van der Waals surface area contributed by atoms with Crippen molar-refractivity contribution in [2.75, 3.05) is 38.0 Å². The van der Waals surface area contributed by atoms with E-state index in [1.54, 1.807) is 0 Å². The molecule has 3 heterocycles. The van der Waals surface area contributed by atoms with Crippen molar-refractivity contribution in [3.05, 3.63) is 47.9 Å². The average molecular weight is 430 g/mol. The third-order valence-corrected chi connectivity index (χ3v) is 5.71. The molecule has 1 aromatic carbocycles. The number of piperazine rings is 1. The highest BCUT2D eigenvalue weighted by atomic mass is 16.5. The normalized spacial score (nSPS) is 24.6. The van der Waals surface area contributed by atoms with E-state index in [0.717, 1.165) is 50.6 Å². The van der Waals surface area contributed by atoms with E-state index in [1.807, 2.05) is 36.4 Å². The largest absolute Gasteiger partial charge is 0.390 e. The number of para-hydroxylation sites is 1. The minimum Gasteiger partial charge on any atom is -0.390 e. The lowest BCUT2D eigenvalue weighted by molar-refractivity contribution is -0.113. The van der Waals surface area contributed by atoms with Crippen molar-refractivity contribution in [2.45, 2.75) is 44.1 Å². The number of nitrogens with one attached hydrogen (secondary N) is 3. The Hall–Kier alpha value is -2.46. The molecule has 4 rings (SSSR count).